The summed E-state index contributed by atoms with van der Waals surface area (Å²) in [7, 11) is 0. The standard InChI is InChI=1S/C14H20N2/c1-12-6-5-9-14-10-15(11-16(12)14)13-7-3-2-4-8-13/h2-4,7-8,12,14H,5-6,9-11H2,1H3/t12-,14-/m0/s1. The third kappa shape index (κ3) is 1.71. The Bertz CT molecular complexity index is 349. The molecule has 1 aromatic rings. The van der Waals surface area contributed by atoms with Gasteiger partial charge in [-0.3, -0.25) is 4.90 Å². The largest absolute Gasteiger partial charge is 0.357 e. The fourth-order valence-electron chi connectivity index (χ4n) is 3.13. The van der Waals surface area contributed by atoms with Crippen LogP contribution in [0.3, 0.4) is 0 Å². The first-order valence-corrected chi connectivity index (χ1v) is 6.40. The molecule has 0 aromatic heterocycles. The third-order valence-electron chi connectivity index (χ3n) is 4.08. The average Bonchev–Trinajstić information content (AvgIpc) is 2.76. The van der Waals surface area contributed by atoms with E-state index in [0.717, 1.165) is 18.8 Å². The molecule has 16 heavy (non-hydrogen) atoms. The summed E-state index contributed by atoms with van der Waals surface area (Å²) in [6, 6.07) is 12.4. The number of fused-ring (bicyclic) bond motifs is 1. The molecule has 2 atom stereocenters. The zero-order valence-corrected chi connectivity index (χ0v) is 9.97. The number of hydrogen-bond acceptors (Lipinski definition) is 2. The summed E-state index contributed by atoms with van der Waals surface area (Å²) in [4.78, 5) is 5.20. The van der Waals surface area contributed by atoms with Crippen LogP contribution in [0.1, 0.15) is 26.2 Å². The number of piperidine rings is 1. The summed E-state index contributed by atoms with van der Waals surface area (Å²) in [5.74, 6) is 0. The van der Waals surface area contributed by atoms with Crippen molar-refractivity contribution in [3.8, 4) is 0 Å². The van der Waals surface area contributed by atoms with Gasteiger partial charge in [0, 0.05) is 24.3 Å². The van der Waals surface area contributed by atoms with Gasteiger partial charge in [0.15, 0.2) is 0 Å². The van der Waals surface area contributed by atoms with E-state index in [-0.39, 0.29) is 0 Å². The Labute approximate surface area is 97.9 Å². The van der Waals surface area contributed by atoms with E-state index in [1.165, 1.54) is 31.5 Å². The summed E-state index contributed by atoms with van der Waals surface area (Å²) >= 11 is 0. The van der Waals surface area contributed by atoms with Crippen LogP contribution in [0, 0.1) is 0 Å². The van der Waals surface area contributed by atoms with Gasteiger partial charge >= 0.3 is 0 Å². The molecule has 0 aliphatic carbocycles. The highest BCUT2D eigenvalue weighted by Crippen LogP contribution is 2.30. The van der Waals surface area contributed by atoms with Crippen molar-refractivity contribution in [2.75, 3.05) is 18.1 Å². The van der Waals surface area contributed by atoms with Gasteiger partial charge in [0.1, 0.15) is 0 Å². The fourth-order valence-corrected chi connectivity index (χ4v) is 3.13. The van der Waals surface area contributed by atoms with Crippen LogP contribution in [0.5, 0.6) is 0 Å². The van der Waals surface area contributed by atoms with Crippen molar-refractivity contribution in [1.29, 1.82) is 0 Å². The second-order valence-corrected chi connectivity index (χ2v) is 5.15. The molecule has 2 heterocycles. The topological polar surface area (TPSA) is 6.48 Å². The van der Waals surface area contributed by atoms with E-state index in [4.69, 9.17) is 0 Å². The van der Waals surface area contributed by atoms with E-state index in [2.05, 4.69) is 47.1 Å². The van der Waals surface area contributed by atoms with Crippen LogP contribution in [-0.4, -0.2) is 30.2 Å². The molecule has 0 amide bonds. The smallest absolute Gasteiger partial charge is 0.0713 e. The molecule has 0 N–H and O–H groups in total. The monoisotopic (exact) mass is 216 g/mol. The summed E-state index contributed by atoms with van der Waals surface area (Å²) in [6.07, 6.45) is 4.16. The van der Waals surface area contributed by atoms with Crippen LogP contribution in [0.25, 0.3) is 0 Å². The molecule has 2 nitrogen and oxygen atoms in total. The predicted molar refractivity (Wildman–Crippen MR) is 67.6 cm³/mol. The highest BCUT2D eigenvalue weighted by Gasteiger charge is 2.35. The van der Waals surface area contributed by atoms with Gasteiger partial charge in [-0.2, -0.15) is 0 Å². The Morgan fingerprint density at radius 3 is 2.69 bits per heavy atom. The Balaban J connectivity index is 1.77. The molecule has 0 unspecified atom stereocenters. The fraction of sp³-hybridized carbons (Fsp3) is 0.571. The molecular formula is C14H20N2. The zero-order chi connectivity index (χ0) is 11.0. The third-order valence-corrected chi connectivity index (χ3v) is 4.08. The lowest BCUT2D eigenvalue weighted by atomic mass is 9.98. The molecule has 3 rings (SSSR count). The van der Waals surface area contributed by atoms with E-state index in [9.17, 15) is 0 Å². The molecule has 0 spiro atoms. The molecule has 0 bridgehead atoms. The quantitative estimate of drug-likeness (QED) is 0.712. The van der Waals surface area contributed by atoms with Crippen molar-refractivity contribution in [1.82, 2.24) is 4.90 Å². The molecule has 86 valence electrons. The van der Waals surface area contributed by atoms with Gasteiger partial charge in [-0.15, -0.1) is 0 Å². The normalized spacial score (nSPS) is 30.4. The van der Waals surface area contributed by atoms with Crippen LogP contribution >= 0.6 is 0 Å². The van der Waals surface area contributed by atoms with Crippen LogP contribution in [-0.2, 0) is 0 Å². The van der Waals surface area contributed by atoms with E-state index in [0.29, 0.717) is 0 Å². The number of benzene rings is 1. The minimum Gasteiger partial charge on any atom is -0.357 e. The minimum absolute atomic E-state index is 0.771. The highest BCUT2D eigenvalue weighted by atomic mass is 15.4. The molecule has 2 heteroatoms. The lowest BCUT2D eigenvalue weighted by Crippen LogP contribution is -2.41. The number of para-hydroxylation sites is 1. The number of rotatable bonds is 1. The van der Waals surface area contributed by atoms with Gasteiger partial charge in [-0.25, -0.2) is 0 Å². The molecule has 2 aliphatic heterocycles. The average molecular weight is 216 g/mol. The zero-order valence-electron chi connectivity index (χ0n) is 9.97. The first-order valence-electron chi connectivity index (χ1n) is 6.40. The van der Waals surface area contributed by atoms with E-state index in [1.54, 1.807) is 0 Å². The highest BCUT2D eigenvalue weighted by molar-refractivity contribution is 5.47. The van der Waals surface area contributed by atoms with Crippen LogP contribution in [0.2, 0.25) is 0 Å². The lowest BCUT2D eigenvalue weighted by Gasteiger charge is -2.34. The Morgan fingerprint density at radius 1 is 1.12 bits per heavy atom. The van der Waals surface area contributed by atoms with Gasteiger partial charge in [-0.05, 0) is 31.9 Å². The van der Waals surface area contributed by atoms with Crippen LogP contribution in [0.4, 0.5) is 5.69 Å². The summed E-state index contributed by atoms with van der Waals surface area (Å²) in [5, 5.41) is 0. The van der Waals surface area contributed by atoms with Crippen molar-refractivity contribution < 1.29 is 0 Å². The molecule has 2 saturated heterocycles. The SMILES string of the molecule is C[C@H]1CCC[C@H]2CN(c3ccccc3)CN21. The minimum atomic E-state index is 0.771. The molecule has 2 aliphatic rings. The van der Waals surface area contributed by atoms with Crippen LogP contribution in [0.15, 0.2) is 30.3 Å². The predicted octanol–water partition coefficient (Wildman–Crippen LogP) is 2.71. The summed E-state index contributed by atoms with van der Waals surface area (Å²) < 4.78 is 0. The Morgan fingerprint density at radius 2 is 1.94 bits per heavy atom. The lowest BCUT2D eigenvalue weighted by molar-refractivity contribution is 0.140. The van der Waals surface area contributed by atoms with Gasteiger partial charge in [0.25, 0.3) is 0 Å². The van der Waals surface area contributed by atoms with Crippen molar-refractivity contribution >= 4 is 5.69 Å². The number of anilines is 1. The summed E-state index contributed by atoms with van der Waals surface area (Å²) in [5.41, 5.74) is 1.38. The van der Waals surface area contributed by atoms with Gasteiger partial charge in [0.05, 0.1) is 6.67 Å². The molecule has 1 aromatic carbocycles. The van der Waals surface area contributed by atoms with Gasteiger partial charge in [0.2, 0.25) is 0 Å². The van der Waals surface area contributed by atoms with E-state index >= 15 is 0 Å². The van der Waals surface area contributed by atoms with Crippen molar-refractivity contribution in [2.45, 2.75) is 38.3 Å². The second kappa shape index (κ2) is 4.10. The van der Waals surface area contributed by atoms with Crippen LogP contribution < -0.4 is 4.90 Å². The maximum Gasteiger partial charge on any atom is 0.0713 e. The van der Waals surface area contributed by atoms with Crippen molar-refractivity contribution in [2.24, 2.45) is 0 Å². The number of nitrogens with zero attached hydrogens (tertiary/aromatic N) is 2. The van der Waals surface area contributed by atoms with E-state index < -0.39 is 0 Å². The molecule has 0 saturated carbocycles. The molecular weight excluding hydrogens is 196 g/mol. The van der Waals surface area contributed by atoms with Gasteiger partial charge < -0.3 is 4.90 Å². The van der Waals surface area contributed by atoms with Gasteiger partial charge in [-0.1, -0.05) is 24.6 Å². The Hall–Kier alpha value is -1.02. The maximum absolute atomic E-state index is 2.68. The molecule has 2 fully saturated rings. The molecule has 0 radical (unpaired) electrons. The maximum atomic E-state index is 2.68. The van der Waals surface area contributed by atoms with Crippen molar-refractivity contribution in [3.63, 3.8) is 0 Å². The first kappa shape index (κ1) is 10.2. The first-order chi connectivity index (χ1) is 7.84. The summed E-state index contributed by atoms with van der Waals surface area (Å²) in [6.45, 7) is 4.71. The van der Waals surface area contributed by atoms with Crippen molar-refractivity contribution in [3.05, 3.63) is 30.3 Å². The Kier molecular flexibility index (Phi) is 2.60. The second-order valence-electron chi connectivity index (χ2n) is 5.15. The van der Waals surface area contributed by atoms with E-state index in [1.807, 2.05) is 0 Å². The number of hydrogen-bond donors (Lipinski definition) is 0.